The Balaban J connectivity index is 0.712. The highest BCUT2D eigenvalue weighted by Crippen LogP contribution is 2.55. The van der Waals surface area contributed by atoms with Gasteiger partial charge in [0.2, 0.25) is 0 Å². The summed E-state index contributed by atoms with van der Waals surface area (Å²) in [6.45, 7) is 9.69. The lowest BCUT2D eigenvalue weighted by Gasteiger charge is -2.23. The van der Waals surface area contributed by atoms with Gasteiger partial charge in [0.1, 0.15) is 0 Å². The van der Waals surface area contributed by atoms with Crippen LogP contribution in [-0.4, -0.2) is 0 Å². The third-order valence-electron chi connectivity index (χ3n) is 19.3. The summed E-state index contributed by atoms with van der Waals surface area (Å²) in [6, 6.07) is 88.9. The van der Waals surface area contributed by atoms with Crippen LogP contribution in [0.1, 0.15) is 49.9 Å². The lowest BCUT2D eigenvalue weighted by Crippen LogP contribution is -2.15. The summed E-state index contributed by atoms with van der Waals surface area (Å²) in [7, 11) is 0. The summed E-state index contributed by atoms with van der Waals surface area (Å²) in [6.07, 6.45) is 0. The lowest BCUT2D eigenvalue weighted by atomic mass is 9.80. The molecule has 0 saturated heterocycles. The normalized spacial score (nSPS) is 14.4. The van der Waals surface area contributed by atoms with Crippen LogP contribution in [0.3, 0.4) is 0 Å². The van der Waals surface area contributed by atoms with Gasteiger partial charge in [-0.15, -0.1) is 0 Å². The molecule has 0 spiro atoms. The first-order chi connectivity index (χ1) is 38.2. The molecule has 2 aliphatic carbocycles. The Bertz CT molecular complexity index is 4950. The smallest absolute Gasteiger partial charge is 0.0159 e. The second-order valence-electron chi connectivity index (χ2n) is 23.9. The number of fused-ring (bicyclic) bond motifs is 6. The van der Waals surface area contributed by atoms with Gasteiger partial charge in [-0.3, -0.25) is 0 Å². The maximum Gasteiger partial charge on any atom is 0.0159 e. The van der Waals surface area contributed by atoms with Crippen molar-refractivity contribution in [3.63, 3.8) is 0 Å². The van der Waals surface area contributed by atoms with Gasteiger partial charge < -0.3 is 0 Å². The van der Waals surface area contributed by atoms with Crippen LogP contribution < -0.4 is 0 Å². The maximum atomic E-state index is 2.50. The van der Waals surface area contributed by atoms with E-state index in [4.69, 9.17) is 0 Å². The number of hydrogen-bond donors (Lipinski definition) is 0. The standard InChI is InChI=1S/C78H50/c1-77(2)67-39-51(55-27-15-47-13-11-43-7-5-9-45-19-35-63(55)73(47)71(43)45)23-31-59(67)61-33-25-53(41-69(61)77)57-29-17-49-22-38-66-58(30-18-50-21-37-65(57)75(49)76(50)66)54-26-34-62-60-32-24-52(40-68(60)78(3,4)70(62)42-54)56-28-16-48-14-12-44-8-6-10-46-20-36-64(56)74(48)72(44)46/h5-42H,1-4H3. The van der Waals surface area contributed by atoms with Crippen LogP contribution in [0, 0.1) is 0 Å². The van der Waals surface area contributed by atoms with E-state index in [0.29, 0.717) is 0 Å². The van der Waals surface area contributed by atoms with Gasteiger partial charge in [0.25, 0.3) is 0 Å². The highest BCUT2D eigenvalue weighted by atomic mass is 14.4. The van der Waals surface area contributed by atoms with E-state index in [1.165, 1.54) is 186 Å². The van der Waals surface area contributed by atoms with Gasteiger partial charge in [0.15, 0.2) is 0 Å². The third-order valence-corrected chi connectivity index (χ3v) is 19.3. The van der Waals surface area contributed by atoms with E-state index in [9.17, 15) is 0 Å². The van der Waals surface area contributed by atoms with Crippen LogP contribution in [0.15, 0.2) is 231 Å². The molecule has 18 rings (SSSR count). The minimum atomic E-state index is -0.182. The number of hydrogen-bond acceptors (Lipinski definition) is 0. The minimum absolute atomic E-state index is 0.182. The van der Waals surface area contributed by atoms with Gasteiger partial charge in [0.05, 0.1) is 0 Å². The van der Waals surface area contributed by atoms with Crippen LogP contribution in [0.4, 0.5) is 0 Å². The van der Waals surface area contributed by atoms with Crippen LogP contribution in [0.25, 0.3) is 164 Å². The Kier molecular flexibility index (Phi) is 8.10. The molecule has 0 aliphatic heterocycles. The molecule has 78 heavy (non-hydrogen) atoms. The van der Waals surface area contributed by atoms with E-state index >= 15 is 0 Å². The van der Waals surface area contributed by atoms with Crippen molar-refractivity contribution in [1.29, 1.82) is 0 Å². The zero-order valence-corrected chi connectivity index (χ0v) is 43.9. The van der Waals surface area contributed by atoms with Crippen molar-refractivity contribution in [1.82, 2.24) is 0 Å². The zero-order chi connectivity index (χ0) is 51.5. The third kappa shape index (κ3) is 5.49. The van der Waals surface area contributed by atoms with Gasteiger partial charge >= 0.3 is 0 Å². The molecule has 0 N–H and O–H groups in total. The zero-order valence-electron chi connectivity index (χ0n) is 43.9. The Hall–Kier alpha value is -9.36. The molecule has 0 bridgehead atoms. The van der Waals surface area contributed by atoms with Crippen molar-refractivity contribution in [2.75, 3.05) is 0 Å². The molecule has 16 aromatic carbocycles. The monoisotopic (exact) mass is 986 g/mol. The average molecular weight is 987 g/mol. The number of rotatable bonds is 4. The molecule has 2 aliphatic rings. The van der Waals surface area contributed by atoms with E-state index in [1.807, 2.05) is 0 Å². The van der Waals surface area contributed by atoms with E-state index in [-0.39, 0.29) is 10.8 Å². The fraction of sp³-hybridized carbons (Fsp3) is 0.0769. The van der Waals surface area contributed by atoms with E-state index in [0.717, 1.165) is 0 Å². The fourth-order valence-electron chi connectivity index (χ4n) is 15.4. The van der Waals surface area contributed by atoms with Crippen LogP contribution in [0.5, 0.6) is 0 Å². The van der Waals surface area contributed by atoms with E-state index in [2.05, 4.69) is 258 Å². The summed E-state index contributed by atoms with van der Waals surface area (Å²) in [5.74, 6) is 0. The minimum Gasteiger partial charge on any atom is -0.0610 e. The van der Waals surface area contributed by atoms with Gasteiger partial charge in [-0.05, 0) is 210 Å². The molecule has 0 saturated carbocycles. The van der Waals surface area contributed by atoms with Gasteiger partial charge in [-0.25, -0.2) is 0 Å². The molecule has 0 atom stereocenters. The first-order valence-corrected chi connectivity index (χ1v) is 27.8. The topological polar surface area (TPSA) is 0 Å². The fourth-order valence-corrected chi connectivity index (χ4v) is 15.4. The molecule has 0 unspecified atom stereocenters. The predicted molar refractivity (Wildman–Crippen MR) is 334 cm³/mol. The van der Waals surface area contributed by atoms with Crippen molar-refractivity contribution >= 4 is 97.0 Å². The van der Waals surface area contributed by atoms with Crippen molar-refractivity contribution in [3.05, 3.63) is 253 Å². The molecule has 0 aromatic heterocycles. The lowest BCUT2D eigenvalue weighted by molar-refractivity contribution is 0.660. The Labute approximate surface area is 452 Å². The molecule has 0 heteroatoms. The Morgan fingerprint density at radius 2 is 0.397 bits per heavy atom. The first-order valence-electron chi connectivity index (χ1n) is 27.8. The Morgan fingerprint density at radius 1 is 0.192 bits per heavy atom. The molecule has 0 radical (unpaired) electrons. The second-order valence-corrected chi connectivity index (χ2v) is 23.9. The average Bonchev–Trinajstić information content (AvgIpc) is 4.03. The summed E-state index contributed by atoms with van der Waals surface area (Å²) in [5.41, 5.74) is 20.8. The molecular formula is C78H50. The van der Waals surface area contributed by atoms with Crippen LogP contribution in [-0.2, 0) is 10.8 Å². The summed E-state index contributed by atoms with van der Waals surface area (Å²) in [5, 5.41) is 23.8. The molecule has 0 fully saturated rings. The SMILES string of the molecule is CC1(C)c2cc(-c3ccc4ccc5cccc6ccc3c4c56)ccc2-c2ccc(-c3ccc4ccc5c(-c6ccc7c(c6)C(C)(C)c6cc(-c8ccc9ccc%10cccc%11ccc8c9c%10%11)ccc6-7)ccc6ccc3c4c65)cc21. The van der Waals surface area contributed by atoms with Crippen molar-refractivity contribution in [2.45, 2.75) is 38.5 Å². The first kappa shape index (κ1) is 42.8. The molecule has 0 amide bonds. The van der Waals surface area contributed by atoms with Crippen molar-refractivity contribution < 1.29 is 0 Å². The van der Waals surface area contributed by atoms with E-state index in [1.54, 1.807) is 0 Å². The predicted octanol–water partition coefficient (Wildman–Crippen LogP) is 21.7. The molecule has 0 heterocycles. The summed E-state index contributed by atoms with van der Waals surface area (Å²) >= 11 is 0. The van der Waals surface area contributed by atoms with Gasteiger partial charge in [-0.1, -0.05) is 234 Å². The van der Waals surface area contributed by atoms with Crippen molar-refractivity contribution in [3.8, 4) is 66.8 Å². The molecule has 362 valence electrons. The highest BCUT2D eigenvalue weighted by Gasteiger charge is 2.38. The maximum absolute atomic E-state index is 2.50. The van der Waals surface area contributed by atoms with Gasteiger partial charge in [0, 0.05) is 10.8 Å². The van der Waals surface area contributed by atoms with E-state index < -0.39 is 0 Å². The Morgan fingerprint density at radius 3 is 0.667 bits per heavy atom. The molecule has 16 aromatic rings. The quantitative estimate of drug-likeness (QED) is 0.154. The van der Waals surface area contributed by atoms with Crippen LogP contribution in [0.2, 0.25) is 0 Å². The molecule has 0 nitrogen and oxygen atoms in total. The largest absolute Gasteiger partial charge is 0.0610 e. The second kappa shape index (κ2) is 14.8. The highest BCUT2D eigenvalue weighted by molar-refractivity contribution is 6.29. The van der Waals surface area contributed by atoms with Crippen molar-refractivity contribution in [2.24, 2.45) is 0 Å². The van der Waals surface area contributed by atoms with Crippen LogP contribution >= 0.6 is 0 Å². The number of benzene rings is 16. The van der Waals surface area contributed by atoms with Gasteiger partial charge in [-0.2, -0.15) is 0 Å². The summed E-state index contributed by atoms with van der Waals surface area (Å²) < 4.78 is 0. The molecular weight excluding hydrogens is 937 g/mol. The summed E-state index contributed by atoms with van der Waals surface area (Å²) in [4.78, 5) is 0.